The number of nitrogens with zero attached hydrogens (tertiary/aromatic N) is 2. The summed E-state index contributed by atoms with van der Waals surface area (Å²) in [5.74, 6) is 0.801. The fourth-order valence-corrected chi connectivity index (χ4v) is 4.48. The molecular formula is C23H30ClFN2O. The SMILES string of the molecule is COc1ccc2c(c1)N(C1CCN(CCc3ccc(F)cc3)CC1)CCC2.Cl. The third-order valence-electron chi connectivity index (χ3n) is 6.07. The molecule has 28 heavy (non-hydrogen) atoms. The minimum absolute atomic E-state index is 0. The van der Waals surface area contributed by atoms with E-state index in [1.807, 2.05) is 12.1 Å². The molecule has 1 saturated heterocycles. The van der Waals surface area contributed by atoms with E-state index in [9.17, 15) is 4.39 Å². The number of hydrogen-bond acceptors (Lipinski definition) is 3. The molecule has 2 aliphatic heterocycles. The minimum atomic E-state index is -0.155. The van der Waals surface area contributed by atoms with Crippen molar-refractivity contribution in [3.05, 3.63) is 59.4 Å². The first-order valence-electron chi connectivity index (χ1n) is 10.1. The first-order valence-corrected chi connectivity index (χ1v) is 10.1. The second-order valence-corrected chi connectivity index (χ2v) is 7.74. The number of benzene rings is 2. The highest BCUT2D eigenvalue weighted by atomic mass is 35.5. The Morgan fingerprint density at radius 2 is 1.79 bits per heavy atom. The quantitative estimate of drug-likeness (QED) is 0.717. The van der Waals surface area contributed by atoms with Gasteiger partial charge in [-0.05, 0) is 61.4 Å². The number of methoxy groups -OCH3 is 1. The standard InChI is InChI=1S/C23H29FN2O.ClH/c1-27-22-9-6-19-3-2-13-26(23(19)17-22)21-11-15-25(16-12-21)14-10-18-4-7-20(24)8-5-18;/h4-9,17,21H,2-3,10-16H2,1H3;1H. The molecule has 3 nitrogen and oxygen atoms in total. The Labute approximate surface area is 173 Å². The molecular weight excluding hydrogens is 375 g/mol. The molecule has 0 aliphatic carbocycles. The number of hydrogen-bond donors (Lipinski definition) is 0. The highest BCUT2D eigenvalue weighted by molar-refractivity contribution is 5.85. The summed E-state index contributed by atoms with van der Waals surface area (Å²) >= 11 is 0. The molecule has 0 amide bonds. The molecule has 0 radical (unpaired) electrons. The zero-order valence-electron chi connectivity index (χ0n) is 16.6. The van der Waals surface area contributed by atoms with Gasteiger partial charge in [-0.1, -0.05) is 18.2 Å². The summed E-state index contributed by atoms with van der Waals surface area (Å²) in [4.78, 5) is 5.18. The van der Waals surface area contributed by atoms with E-state index >= 15 is 0 Å². The number of anilines is 1. The molecule has 0 unspecified atom stereocenters. The average molecular weight is 405 g/mol. The fourth-order valence-electron chi connectivity index (χ4n) is 4.48. The molecule has 0 N–H and O–H groups in total. The lowest BCUT2D eigenvalue weighted by Gasteiger charge is -2.42. The van der Waals surface area contributed by atoms with Crippen molar-refractivity contribution in [3.63, 3.8) is 0 Å². The Morgan fingerprint density at radius 3 is 2.50 bits per heavy atom. The zero-order chi connectivity index (χ0) is 18.6. The van der Waals surface area contributed by atoms with Gasteiger partial charge in [-0.3, -0.25) is 0 Å². The Kier molecular flexibility index (Phi) is 7.19. The van der Waals surface area contributed by atoms with Crippen LogP contribution in [0.25, 0.3) is 0 Å². The molecule has 2 aliphatic rings. The minimum Gasteiger partial charge on any atom is -0.497 e. The monoisotopic (exact) mass is 404 g/mol. The van der Waals surface area contributed by atoms with Crippen molar-refractivity contribution < 1.29 is 9.13 Å². The predicted octanol–water partition coefficient (Wildman–Crippen LogP) is 4.72. The van der Waals surface area contributed by atoms with Gasteiger partial charge in [0.25, 0.3) is 0 Å². The lowest BCUT2D eigenvalue weighted by atomic mass is 9.95. The van der Waals surface area contributed by atoms with E-state index in [0.29, 0.717) is 6.04 Å². The zero-order valence-corrected chi connectivity index (χ0v) is 17.4. The first-order chi connectivity index (χ1) is 13.2. The number of piperidine rings is 1. The molecule has 0 bridgehead atoms. The van der Waals surface area contributed by atoms with Crippen molar-refractivity contribution in [2.45, 2.75) is 38.1 Å². The van der Waals surface area contributed by atoms with E-state index in [-0.39, 0.29) is 18.2 Å². The van der Waals surface area contributed by atoms with Crippen LogP contribution in [0.4, 0.5) is 10.1 Å². The molecule has 0 aromatic heterocycles. The van der Waals surface area contributed by atoms with Gasteiger partial charge in [0.2, 0.25) is 0 Å². The van der Waals surface area contributed by atoms with Crippen LogP contribution in [0.15, 0.2) is 42.5 Å². The number of likely N-dealkylation sites (tertiary alicyclic amines) is 1. The lowest BCUT2D eigenvalue weighted by molar-refractivity contribution is 0.210. The molecule has 0 atom stereocenters. The van der Waals surface area contributed by atoms with Crippen molar-refractivity contribution in [1.82, 2.24) is 4.90 Å². The maximum atomic E-state index is 13.0. The van der Waals surface area contributed by atoms with Gasteiger partial charge in [0.05, 0.1) is 7.11 Å². The number of ether oxygens (including phenoxy) is 1. The van der Waals surface area contributed by atoms with Gasteiger partial charge in [0.15, 0.2) is 0 Å². The summed E-state index contributed by atoms with van der Waals surface area (Å²) in [7, 11) is 1.74. The third-order valence-corrected chi connectivity index (χ3v) is 6.07. The number of rotatable bonds is 5. The first kappa shape index (κ1) is 20.9. The topological polar surface area (TPSA) is 15.7 Å². The van der Waals surface area contributed by atoms with E-state index in [4.69, 9.17) is 4.74 Å². The fraction of sp³-hybridized carbons (Fsp3) is 0.478. The second-order valence-electron chi connectivity index (χ2n) is 7.74. The molecule has 0 spiro atoms. The van der Waals surface area contributed by atoms with E-state index < -0.39 is 0 Å². The van der Waals surface area contributed by atoms with Gasteiger partial charge >= 0.3 is 0 Å². The van der Waals surface area contributed by atoms with Gasteiger partial charge in [0, 0.05) is 44.0 Å². The van der Waals surface area contributed by atoms with Crippen LogP contribution in [0.3, 0.4) is 0 Å². The molecule has 2 aromatic rings. The van der Waals surface area contributed by atoms with Crippen molar-refractivity contribution >= 4 is 18.1 Å². The summed E-state index contributed by atoms with van der Waals surface area (Å²) in [6, 6.07) is 14.1. The molecule has 2 heterocycles. The van der Waals surface area contributed by atoms with Gasteiger partial charge in [0.1, 0.15) is 11.6 Å². The maximum Gasteiger partial charge on any atom is 0.123 e. The number of aryl methyl sites for hydroxylation is 1. The normalized spacial score (nSPS) is 17.7. The van der Waals surface area contributed by atoms with Crippen LogP contribution < -0.4 is 9.64 Å². The summed E-state index contributed by atoms with van der Waals surface area (Å²) < 4.78 is 18.5. The van der Waals surface area contributed by atoms with Gasteiger partial charge in [-0.15, -0.1) is 12.4 Å². The Balaban J connectivity index is 0.00000225. The van der Waals surface area contributed by atoms with Crippen molar-refractivity contribution in [2.75, 3.05) is 38.2 Å². The second kappa shape index (κ2) is 9.62. The van der Waals surface area contributed by atoms with Crippen molar-refractivity contribution in [2.24, 2.45) is 0 Å². The summed E-state index contributed by atoms with van der Waals surface area (Å²) in [5.41, 5.74) is 4.06. The van der Waals surface area contributed by atoms with Crippen LogP contribution in [0.1, 0.15) is 30.4 Å². The smallest absolute Gasteiger partial charge is 0.123 e. The van der Waals surface area contributed by atoms with Crippen molar-refractivity contribution in [3.8, 4) is 5.75 Å². The molecule has 152 valence electrons. The number of halogens is 2. The Morgan fingerprint density at radius 1 is 1.04 bits per heavy atom. The number of fused-ring (bicyclic) bond motifs is 1. The molecule has 0 saturated carbocycles. The van der Waals surface area contributed by atoms with E-state index in [1.165, 1.54) is 42.5 Å². The van der Waals surface area contributed by atoms with Crippen LogP contribution in [0.5, 0.6) is 5.75 Å². The predicted molar refractivity (Wildman–Crippen MR) is 115 cm³/mol. The summed E-state index contributed by atoms with van der Waals surface area (Å²) in [6.07, 6.45) is 5.82. The van der Waals surface area contributed by atoms with Crippen LogP contribution in [0.2, 0.25) is 0 Å². The van der Waals surface area contributed by atoms with Gasteiger partial charge < -0.3 is 14.5 Å². The van der Waals surface area contributed by atoms with Crippen LogP contribution in [-0.4, -0.2) is 44.2 Å². The maximum absolute atomic E-state index is 13.0. The van der Waals surface area contributed by atoms with Gasteiger partial charge in [-0.25, -0.2) is 4.39 Å². The van der Waals surface area contributed by atoms with Crippen molar-refractivity contribution in [1.29, 1.82) is 0 Å². The van der Waals surface area contributed by atoms with Gasteiger partial charge in [-0.2, -0.15) is 0 Å². The average Bonchev–Trinajstić information content (AvgIpc) is 2.73. The highest BCUT2D eigenvalue weighted by Crippen LogP contribution is 2.34. The highest BCUT2D eigenvalue weighted by Gasteiger charge is 2.28. The Hall–Kier alpha value is -1.78. The molecule has 2 aromatic carbocycles. The largest absolute Gasteiger partial charge is 0.497 e. The van der Waals surface area contributed by atoms with E-state index in [0.717, 1.165) is 38.3 Å². The summed E-state index contributed by atoms with van der Waals surface area (Å²) in [6.45, 7) is 4.49. The van der Waals surface area contributed by atoms with Crippen LogP contribution >= 0.6 is 12.4 Å². The van der Waals surface area contributed by atoms with Crippen LogP contribution in [-0.2, 0) is 12.8 Å². The summed E-state index contributed by atoms with van der Waals surface area (Å²) in [5, 5.41) is 0. The van der Waals surface area contributed by atoms with E-state index in [1.54, 1.807) is 19.2 Å². The lowest BCUT2D eigenvalue weighted by Crippen LogP contribution is -2.47. The third kappa shape index (κ3) is 4.79. The molecule has 4 rings (SSSR count). The molecule has 5 heteroatoms. The molecule has 1 fully saturated rings. The van der Waals surface area contributed by atoms with Crippen LogP contribution in [0, 0.1) is 5.82 Å². The van der Waals surface area contributed by atoms with E-state index in [2.05, 4.69) is 28.0 Å². The Bertz CT molecular complexity index is 760.